The largest absolute Gasteiger partial charge is 0.362 e. The second-order valence-electron chi connectivity index (χ2n) is 13.4. The van der Waals surface area contributed by atoms with E-state index in [2.05, 4.69) is 67.9 Å². The van der Waals surface area contributed by atoms with Gasteiger partial charge in [0.1, 0.15) is 24.6 Å². The van der Waals surface area contributed by atoms with Gasteiger partial charge in [0.05, 0.1) is 14.8 Å². The standard InChI is InChI=1S/C14H19N3O2Si.C11H11N3O2.C9H10ClN3O2/c1-20(2,3)10-9-12-7-8-13(17(18)19)14(16-12)15-11-5-4-6-11;1-2-8-6-7-10(14(15)16)11(12-8)13-9-4-3-5-9;10-8-5-4-7(13(14)15)9(12-8)11-6-2-1-3-6/h7-8,11H,4-6H2,1-3H3,(H,15,16);1,6-7,9H,3-5H2,(H,12,13);4-6H,1-3H2,(H,11,12). The number of nitrogens with zero attached hydrogens (tertiary/aromatic N) is 6. The molecule has 15 nitrogen and oxygen atoms in total. The lowest BCUT2D eigenvalue weighted by atomic mass is 9.93. The molecule has 3 fully saturated rings. The van der Waals surface area contributed by atoms with Crippen LogP contribution in [0.2, 0.25) is 24.8 Å². The van der Waals surface area contributed by atoms with Gasteiger partial charge in [-0.05, 0) is 76.0 Å². The summed E-state index contributed by atoms with van der Waals surface area (Å²) >= 11 is 5.69. The van der Waals surface area contributed by atoms with Gasteiger partial charge < -0.3 is 16.0 Å². The molecule has 0 unspecified atom stereocenters. The number of terminal acetylenes is 1. The number of hydrogen-bond acceptors (Lipinski definition) is 12. The molecule has 3 aromatic rings. The summed E-state index contributed by atoms with van der Waals surface area (Å²) in [6.07, 6.45) is 14.9. The van der Waals surface area contributed by atoms with Gasteiger partial charge in [-0.15, -0.1) is 12.0 Å². The van der Waals surface area contributed by atoms with Crippen LogP contribution in [0.15, 0.2) is 36.4 Å². The highest BCUT2D eigenvalue weighted by molar-refractivity contribution is 6.83. The van der Waals surface area contributed by atoms with E-state index in [0.29, 0.717) is 35.3 Å². The van der Waals surface area contributed by atoms with Crippen LogP contribution >= 0.6 is 11.6 Å². The van der Waals surface area contributed by atoms with Crippen molar-refractivity contribution in [1.82, 2.24) is 15.0 Å². The zero-order valence-electron chi connectivity index (χ0n) is 28.6. The lowest BCUT2D eigenvalue weighted by Gasteiger charge is -2.26. The number of anilines is 3. The van der Waals surface area contributed by atoms with E-state index in [0.717, 1.165) is 51.4 Å². The molecule has 3 saturated carbocycles. The minimum atomic E-state index is -1.48. The Labute approximate surface area is 301 Å². The molecule has 3 aromatic heterocycles. The van der Waals surface area contributed by atoms with Crippen molar-refractivity contribution >= 4 is 54.2 Å². The van der Waals surface area contributed by atoms with Gasteiger partial charge in [-0.25, -0.2) is 15.0 Å². The summed E-state index contributed by atoms with van der Waals surface area (Å²) in [7, 11) is -1.48. The molecule has 51 heavy (non-hydrogen) atoms. The zero-order chi connectivity index (χ0) is 37.1. The van der Waals surface area contributed by atoms with Crippen molar-refractivity contribution in [2.75, 3.05) is 16.0 Å². The van der Waals surface area contributed by atoms with E-state index < -0.39 is 22.8 Å². The molecule has 3 heterocycles. The van der Waals surface area contributed by atoms with Gasteiger partial charge in [-0.3, -0.25) is 30.3 Å². The molecule has 268 valence electrons. The Kier molecular flexibility index (Phi) is 13.2. The minimum Gasteiger partial charge on any atom is -0.362 e. The van der Waals surface area contributed by atoms with E-state index in [1.54, 1.807) is 6.07 Å². The van der Waals surface area contributed by atoms with Crippen LogP contribution in [0, 0.1) is 54.2 Å². The van der Waals surface area contributed by atoms with E-state index in [1.807, 2.05) is 0 Å². The minimum absolute atomic E-state index is 0.0219. The summed E-state index contributed by atoms with van der Waals surface area (Å²) in [5, 5.41) is 42.0. The fourth-order valence-corrected chi connectivity index (χ4v) is 5.38. The summed E-state index contributed by atoms with van der Waals surface area (Å²) < 4.78 is 0. The first-order valence-electron chi connectivity index (χ1n) is 16.6. The number of halogens is 1. The van der Waals surface area contributed by atoms with Crippen LogP contribution in [-0.4, -0.2) is 55.9 Å². The van der Waals surface area contributed by atoms with Crippen LogP contribution in [0.5, 0.6) is 0 Å². The second-order valence-corrected chi connectivity index (χ2v) is 18.5. The maximum absolute atomic E-state index is 11.0. The summed E-state index contributed by atoms with van der Waals surface area (Å²) in [4.78, 5) is 43.5. The monoisotopic (exact) mass is 733 g/mol. The molecule has 0 atom stereocenters. The number of pyridine rings is 3. The van der Waals surface area contributed by atoms with Crippen molar-refractivity contribution in [3.05, 3.63) is 83.3 Å². The summed E-state index contributed by atoms with van der Waals surface area (Å²) in [5.74, 6) is 6.31. The summed E-state index contributed by atoms with van der Waals surface area (Å²) in [6, 6.07) is 9.67. The topological polar surface area (TPSA) is 204 Å². The number of nitrogens with one attached hydrogen (secondary N) is 3. The van der Waals surface area contributed by atoms with Gasteiger partial charge in [-0.1, -0.05) is 43.1 Å². The van der Waals surface area contributed by atoms with Gasteiger partial charge in [-0.2, -0.15) is 0 Å². The van der Waals surface area contributed by atoms with E-state index in [-0.39, 0.29) is 33.9 Å². The van der Waals surface area contributed by atoms with Gasteiger partial charge in [0.2, 0.25) is 17.5 Å². The molecule has 17 heteroatoms. The molecule has 0 radical (unpaired) electrons. The molecule has 3 aliphatic carbocycles. The Bertz CT molecular complexity index is 1860. The smallest absolute Gasteiger partial charge is 0.311 e. The summed E-state index contributed by atoms with van der Waals surface area (Å²) in [5.41, 5.74) is 4.21. The Hall–Kier alpha value is -5.32. The molecule has 0 spiro atoms. The fraction of sp³-hybridized carbons (Fsp3) is 0.441. The predicted molar refractivity (Wildman–Crippen MR) is 200 cm³/mol. The van der Waals surface area contributed by atoms with Gasteiger partial charge >= 0.3 is 17.1 Å². The number of hydrogen-bond donors (Lipinski definition) is 3. The van der Waals surface area contributed by atoms with Crippen molar-refractivity contribution in [1.29, 1.82) is 0 Å². The molecule has 6 rings (SSSR count). The van der Waals surface area contributed by atoms with E-state index in [9.17, 15) is 30.3 Å². The highest BCUT2D eigenvalue weighted by Gasteiger charge is 2.25. The van der Waals surface area contributed by atoms with Crippen molar-refractivity contribution < 1.29 is 14.8 Å². The van der Waals surface area contributed by atoms with Crippen LogP contribution in [0.3, 0.4) is 0 Å². The van der Waals surface area contributed by atoms with E-state index >= 15 is 0 Å². The van der Waals surface area contributed by atoms with Crippen LogP contribution in [0.1, 0.15) is 69.2 Å². The number of nitro groups is 3. The van der Waals surface area contributed by atoms with Crippen molar-refractivity contribution in [3.63, 3.8) is 0 Å². The van der Waals surface area contributed by atoms with Crippen LogP contribution in [0.4, 0.5) is 34.5 Å². The molecule has 0 aliphatic heterocycles. The molecular formula is C34H40ClN9O6Si. The Morgan fingerprint density at radius 1 is 0.667 bits per heavy atom. The lowest BCUT2D eigenvalue weighted by Crippen LogP contribution is -2.28. The normalized spacial score (nSPS) is 15.2. The van der Waals surface area contributed by atoms with Gasteiger partial charge in [0.15, 0.2) is 0 Å². The number of rotatable bonds is 9. The highest BCUT2D eigenvalue weighted by Crippen LogP contribution is 2.31. The Morgan fingerprint density at radius 2 is 1.04 bits per heavy atom. The highest BCUT2D eigenvalue weighted by atomic mass is 35.5. The molecule has 3 N–H and O–H groups in total. The molecular weight excluding hydrogens is 694 g/mol. The maximum Gasteiger partial charge on any atom is 0.311 e. The predicted octanol–water partition coefficient (Wildman–Crippen LogP) is 7.73. The molecule has 0 amide bonds. The molecule has 3 aliphatic rings. The van der Waals surface area contributed by atoms with E-state index in [1.165, 1.54) is 36.8 Å². The van der Waals surface area contributed by atoms with Gasteiger partial charge in [0, 0.05) is 36.3 Å². The average molecular weight is 734 g/mol. The van der Waals surface area contributed by atoms with Gasteiger partial charge in [0.25, 0.3) is 0 Å². The van der Waals surface area contributed by atoms with Crippen LogP contribution in [-0.2, 0) is 0 Å². The second kappa shape index (κ2) is 17.6. The van der Waals surface area contributed by atoms with Crippen molar-refractivity contribution in [3.8, 4) is 23.8 Å². The lowest BCUT2D eigenvalue weighted by molar-refractivity contribution is -0.384. The Morgan fingerprint density at radius 3 is 1.39 bits per heavy atom. The van der Waals surface area contributed by atoms with Crippen molar-refractivity contribution in [2.45, 2.75) is 95.6 Å². The third-order valence-corrected chi connectivity index (χ3v) is 9.31. The first-order chi connectivity index (χ1) is 24.2. The molecule has 0 bridgehead atoms. The van der Waals surface area contributed by atoms with Crippen LogP contribution < -0.4 is 16.0 Å². The summed E-state index contributed by atoms with van der Waals surface area (Å²) in [6.45, 7) is 6.46. The Balaban J connectivity index is 0.000000174. The number of aromatic nitrogens is 3. The van der Waals surface area contributed by atoms with E-state index in [4.69, 9.17) is 18.0 Å². The zero-order valence-corrected chi connectivity index (χ0v) is 30.4. The SMILES string of the molecule is C#Cc1ccc([N+](=O)[O-])c(NC2CCC2)n1.C[Si](C)(C)C#Cc1ccc([N+](=O)[O-])c(NC2CCC2)n1.O=[N+]([O-])c1ccc(Cl)nc1NC1CCC1. The first-order valence-corrected chi connectivity index (χ1v) is 20.5. The average Bonchev–Trinajstić information content (AvgIpc) is 3.01. The quantitative estimate of drug-likeness (QED) is 0.0635. The van der Waals surface area contributed by atoms with Crippen LogP contribution in [0.25, 0.3) is 0 Å². The third kappa shape index (κ3) is 11.6. The third-order valence-electron chi connectivity index (χ3n) is 8.23. The first kappa shape index (κ1) is 38.5. The molecule has 0 aromatic carbocycles. The molecule has 0 saturated heterocycles. The van der Waals surface area contributed by atoms with Crippen molar-refractivity contribution in [2.24, 2.45) is 0 Å². The fourth-order valence-electron chi connectivity index (χ4n) is 4.73. The maximum atomic E-state index is 11.0.